The van der Waals surface area contributed by atoms with E-state index in [2.05, 4.69) is 0 Å². The molecule has 13 heteroatoms. The van der Waals surface area contributed by atoms with Crippen LogP contribution in [0.25, 0.3) is 0 Å². The average Bonchev–Trinajstić information content (AvgIpc) is 3.63. The highest BCUT2D eigenvalue weighted by atomic mass is 32.2. The number of hydrogen-bond acceptors (Lipinski definition) is 5. The number of piperidine rings is 1. The van der Waals surface area contributed by atoms with Crippen molar-refractivity contribution in [2.24, 2.45) is 0 Å². The molecule has 1 saturated carbocycles. The summed E-state index contributed by atoms with van der Waals surface area (Å²) in [5.41, 5.74) is -1.62. The van der Waals surface area contributed by atoms with Gasteiger partial charge >= 0.3 is 6.18 Å². The smallest absolute Gasteiger partial charge is 0.338 e. The lowest BCUT2D eigenvalue weighted by atomic mass is 10.0. The number of likely N-dealkylation sites (tertiary alicyclic amines) is 1. The van der Waals surface area contributed by atoms with Crippen molar-refractivity contribution in [3.8, 4) is 0 Å². The summed E-state index contributed by atoms with van der Waals surface area (Å²) in [4.78, 5) is 13.4. The number of halogens is 4. The number of nitrogens with zero attached hydrogens (tertiary/aromatic N) is 2. The van der Waals surface area contributed by atoms with Crippen LogP contribution in [0.1, 0.15) is 41.6 Å². The van der Waals surface area contributed by atoms with Gasteiger partial charge in [0.05, 0.1) is 20.9 Å². The van der Waals surface area contributed by atoms with Crippen molar-refractivity contribution in [1.82, 2.24) is 9.21 Å². The average molecular weight is 549 g/mol. The van der Waals surface area contributed by atoms with Crippen molar-refractivity contribution < 1.29 is 39.2 Å². The molecule has 1 heterocycles. The Morgan fingerprint density at radius 1 is 0.944 bits per heavy atom. The van der Waals surface area contributed by atoms with Crippen LogP contribution >= 0.6 is 0 Å². The zero-order chi connectivity index (χ0) is 26.5. The standard InChI is InChI=1S/C23H24F4N2O5S2/c1-35(31,32)20-7-3-6-19(24)21(20)22(30)28-12-10-17(11-13-28)29(16-8-9-16)36(33,34)18-5-2-4-15(14-18)23(25,26)27/h2-7,14,16-17H,8-13H2,1H3. The SMILES string of the molecule is CS(=O)(=O)c1cccc(F)c1C(=O)N1CCC(N(C2CC2)S(=O)(=O)c2cccc(C(F)(F)F)c2)CC1. The van der Waals surface area contributed by atoms with E-state index in [1.807, 2.05) is 0 Å². The molecule has 196 valence electrons. The third-order valence-electron chi connectivity index (χ3n) is 6.34. The Bertz CT molecular complexity index is 1380. The number of carbonyl (C=O) groups excluding carboxylic acids is 1. The Morgan fingerprint density at radius 3 is 2.08 bits per heavy atom. The topological polar surface area (TPSA) is 91.8 Å². The Kier molecular flexibility index (Phi) is 6.95. The van der Waals surface area contributed by atoms with Crippen molar-refractivity contribution in [3.05, 3.63) is 59.4 Å². The molecule has 1 aliphatic carbocycles. The Morgan fingerprint density at radius 2 is 1.53 bits per heavy atom. The van der Waals surface area contributed by atoms with Gasteiger partial charge in [0.15, 0.2) is 9.84 Å². The van der Waals surface area contributed by atoms with E-state index < -0.39 is 64.7 Å². The van der Waals surface area contributed by atoms with Crippen molar-refractivity contribution in [3.63, 3.8) is 0 Å². The van der Waals surface area contributed by atoms with Crippen molar-refractivity contribution in [1.29, 1.82) is 0 Å². The van der Waals surface area contributed by atoms with Gasteiger partial charge in [0.1, 0.15) is 5.82 Å². The molecule has 0 N–H and O–H groups in total. The van der Waals surface area contributed by atoms with Crippen LogP contribution in [0.5, 0.6) is 0 Å². The zero-order valence-electron chi connectivity index (χ0n) is 19.2. The maximum atomic E-state index is 14.5. The number of amides is 1. The van der Waals surface area contributed by atoms with Crippen LogP contribution in [0.15, 0.2) is 52.3 Å². The molecule has 4 rings (SSSR count). The van der Waals surface area contributed by atoms with Gasteiger partial charge in [0.2, 0.25) is 10.0 Å². The predicted molar refractivity (Wildman–Crippen MR) is 122 cm³/mol. The summed E-state index contributed by atoms with van der Waals surface area (Å²) >= 11 is 0. The fourth-order valence-corrected chi connectivity index (χ4v) is 7.33. The van der Waals surface area contributed by atoms with Crippen molar-refractivity contribution in [2.45, 2.75) is 53.7 Å². The van der Waals surface area contributed by atoms with Crippen molar-refractivity contribution in [2.75, 3.05) is 19.3 Å². The van der Waals surface area contributed by atoms with Gasteiger partial charge < -0.3 is 4.90 Å². The first kappa shape index (κ1) is 26.6. The van der Waals surface area contributed by atoms with Crippen LogP contribution in [0, 0.1) is 5.82 Å². The lowest BCUT2D eigenvalue weighted by molar-refractivity contribution is -0.137. The highest BCUT2D eigenvalue weighted by Gasteiger charge is 2.44. The fraction of sp³-hybridized carbons (Fsp3) is 0.435. The van der Waals surface area contributed by atoms with Gasteiger partial charge in [0, 0.05) is 31.4 Å². The van der Waals surface area contributed by atoms with Crippen LogP contribution in [-0.4, -0.2) is 63.4 Å². The monoisotopic (exact) mass is 548 g/mol. The van der Waals surface area contributed by atoms with E-state index in [9.17, 15) is 39.2 Å². The lowest BCUT2D eigenvalue weighted by Gasteiger charge is -2.38. The van der Waals surface area contributed by atoms with E-state index in [4.69, 9.17) is 0 Å². The summed E-state index contributed by atoms with van der Waals surface area (Å²) in [6.45, 7) is 0.0603. The minimum Gasteiger partial charge on any atom is -0.338 e. The Hall–Kier alpha value is -2.51. The number of sulfone groups is 1. The number of sulfonamides is 1. The highest BCUT2D eigenvalue weighted by Crippen LogP contribution is 2.38. The molecule has 0 bridgehead atoms. The molecule has 0 radical (unpaired) electrons. The molecule has 2 aromatic carbocycles. The maximum Gasteiger partial charge on any atom is 0.416 e. The third kappa shape index (κ3) is 5.28. The molecule has 1 aliphatic heterocycles. The van der Waals surface area contributed by atoms with Gasteiger partial charge in [-0.1, -0.05) is 12.1 Å². The number of hydrogen-bond donors (Lipinski definition) is 0. The van der Waals surface area contributed by atoms with Crippen LogP contribution in [0.4, 0.5) is 17.6 Å². The molecule has 0 aromatic heterocycles. The molecule has 1 amide bonds. The van der Waals surface area contributed by atoms with Crippen LogP contribution in [0.2, 0.25) is 0 Å². The van der Waals surface area contributed by atoms with E-state index in [1.54, 1.807) is 0 Å². The predicted octanol–water partition coefficient (Wildman–Crippen LogP) is 3.71. The number of rotatable bonds is 6. The fourth-order valence-electron chi connectivity index (χ4n) is 4.48. The third-order valence-corrected chi connectivity index (χ3v) is 9.48. The molecule has 7 nitrogen and oxygen atoms in total. The summed E-state index contributed by atoms with van der Waals surface area (Å²) in [5, 5.41) is 0. The lowest BCUT2D eigenvalue weighted by Crippen LogP contribution is -2.49. The summed E-state index contributed by atoms with van der Waals surface area (Å²) in [6, 6.07) is 6.02. The Balaban J connectivity index is 1.56. The minimum atomic E-state index is -4.70. The summed E-state index contributed by atoms with van der Waals surface area (Å²) in [5.74, 6) is -1.79. The first-order chi connectivity index (χ1) is 16.7. The zero-order valence-corrected chi connectivity index (χ0v) is 20.8. The highest BCUT2D eigenvalue weighted by molar-refractivity contribution is 7.90. The van der Waals surface area contributed by atoms with Crippen LogP contribution in [0.3, 0.4) is 0 Å². The normalized spacial score (nSPS) is 18.0. The van der Waals surface area contributed by atoms with E-state index in [0.717, 1.165) is 36.6 Å². The molecule has 0 spiro atoms. The van der Waals surface area contributed by atoms with Gasteiger partial charge in [-0.05, 0) is 56.0 Å². The van der Waals surface area contributed by atoms with Crippen LogP contribution < -0.4 is 0 Å². The molecule has 0 atom stereocenters. The largest absolute Gasteiger partial charge is 0.416 e. The molecular weight excluding hydrogens is 524 g/mol. The summed E-state index contributed by atoms with van der Waals surface area (Å²) < 4.78 is 106. The number of benzene rings is 2. The minimum absolute atomic E-state index is 0.0301. The van der Waals surface area contributed by atoms with Gasteiger partial charge in [-0.2, -0.15) is 17.5 Å². The van der Waals surface area contributed by atoms with E-state index >= 15 is 0 Å². The molecule has 2 aromatic rings. The molecule has 36 heavy (non-hydrogen) atoms. The molecule has 0 unspecified atom stereocenters. The van der Waals surface area contributed by atoms with E-state index in [1.165, 1.54) is 15.3 Å². The van der Waals surface area contributed by atoms with E-state index in [-0.39, 0.29) is 32.0 Å². The second-order valence-electron chi connectivity index (χ2n) is 9.00. The van der Waals surface area contributed by atoms with Crippen molar-refractivity contribution >= 4 is 25.8 Å². The summed E-state index contributed by atoms with van der Waals surface area (Å²) in [7, 11) is -8.14. The van der Waals surface area contributed by atoms with Gasteiger partial charge in [-0.15, -0.1) is 0 Å². The van der Waals surface area contributed by atoms with Crippen LogP contribution in [-0.2, 0) is 26.0 Å². The first-order valence-corrected chi connectivity index (χ1v) is 14.5. The van der Waals surface area contributed by atoms with Gasteiger partial charge in [-0.25, -0.2) is 21.2 Å². The van der Waals surface area contributed by atoms with Gasteiger partial charge in [0.25, 0.3) is 5.91 Å². The number of alkyl halides is 3. The molecular formula is C23H24F4N2O5S2. The maximum absolute atomic E-state index is 14.5. The summed E-state index contributed by atoms with van der Waals surface area (Å²) in [6.07, 6.45) is -2.34. The van der Waals surface area contributed by atoms with E-state index in [0.29, 0.717) is 18.9 Å². The second kappa shape index (κ2) is 9.42. The first-order valence-electron chi connectivity index (χ1n) is 11.2. The number of carbonyl (C=O) groups is 1. The molecule has 2 fully saturated rings. The quantitative estimate of drug-likeness (QED) is 0.514. The molecule has 2 aliphatic rings. The van der Waals surface area contributed by atoms with Gasteiger partial charge in [-0.3, -0.25) is 4.79 Å². The Labute approximate surface area is 206 Å². The molecule has 1 saturated heterocycles. The second-order valence-corrected chi connectivity index (χ2v) is 12.8.